The average molecular weight is 491 g/mol. The molecule has 0 amide bonds. The van der Waals surface area contributed by atoms with Crippen LogP contribution in [0.5, 0.6) is 5.75 Å². The summed E-state index contributed by atoms with van der Waals surface area (Å²) in [6.07, 6.45) is 0.856. The van der Waals surface area contributed by atoms with Crippen molar-refractivity contribution in [2.45, 2.75) is 57.8 Å². The molecule has 34 heavy (non-hydrogen) atoms. The lowest BCUT2D eigenvalue weighted by molar-refractivity contribution is -0.385. The maximum absolute atomic E-state index is 13.5. The summed E-state index contributed by atoms with van der Waals surface area (Å²) in [6, 6.07) is 5.29. The zero-order valence-corrected chi connectivity index (χ0v) is 20.0. The molecule has 0 N–H and O–H groups in total. The van der Waals surface area contributed by atoms with Crippen molar-refractivity contribution >= 4 is 21.7 Å². The van der Waals surface area contributed by atoms with Crippen LogP contribution in [-0.4, -0.2) is 43.0 Å². The molecule has 2 aromatic carbocycles. The largest absolute Gasteiger partial charge is 0.467 e. The molecule has 0 aromatic heterocycles. The molecule has 0 spiro atoms. The minimum atomic E-state index is -3.92. The van der Waals surface area contributed by atoms with Crippen molar-refractivity contribution in [3.63, 3.8) is 0 Å². The fourth-order valence-corrected chi connectivity index (χ4v) is 6.75. The Labute approximate surface area is 197 Å². The van der Waals surface area contributed by atoms with E-state index in [1.165, 1.54) is 16.4 Å². The summed E-state index contributed by atoms with van der Waals surface area (Å²) in [5, 5.41) is 11.3. The van der Waals surface area contributed by atoms with Crippen LogP contribution < -0.4 is 4.74 Å². The van der Waals surface area contributed by atoms with E-state index in [1.807, 2.05) is 6.92 Å². The lowest BCUT2D eigenvalue weighted by atomic mass is 10.1. The lowest BCUT2D eigenvalue weighted by Crippen LogP contribution is -2.41. The van der Waals surface area contributed by atoms with Crippen molar-refractivity contribution < 1.29 is 32.3 Å². The third-order valence-electron chi connectivity index (χ3n) is 6.00. The Morgan fingerprint density at radius 3 is 2.59 bits per heavy atom. The Kier molecular flexibility index (Phi) is 6.61. The molecule has 4 rings (SSSR count). The molecule has 11 heteroatoms. The number of carbonyl (C=O) groups is 1. The maximum atomic E-state index is 13.5. The number of fused-ring (bicyclic) bond motifs is 1. The van der Waals surface area contributed by atoms with Gasteiger partial charge in [0.1, 0.15) is 18.4 Å². The van der Waals surface area contributed by atoms with Gasteiger partial charge in [-0.1, -0.05) is 17.7 Å². The Bertz CT molecular complexity index is 1230. The van der Waals surface area contributed by atoms with Crippen molar-refractivity contribution in [2.75, 3.05) is 13.3 Å². The molecule has 1 saturated heterocycles. The van der Waals surface area contributed by atoms with E-state index in [-0.39, 0.29) is 37.1 Å². The van der Waals surface area contributed by atoms with Gasteiger partial charge in [0.05, 0.1) is 16.4 Å². The van der Waals surface area contributed by atoms with Crippen LogP contribution in [0.15, 0.2) is 29.2 Å². The number of nitro groups is 1. The zero-order chi connectivity index (χ0) is 24.6. The SMILES string of the molecule is Cc1cc(C)c(S(=O)(=O)N2CCCC2C(=O)OCc2cc([N+](=O)[O-])cc3c2OCOC3)c(C)c1. The normalized spacial score (nSPS) is 18.3. The molecule has 0 radical (unpaired) electrons. The van der Waals surface area contributed by atoms with E-state index in [0.29, 0.717) is 40.8 Å². The Hall–Kier alpha value is -3.02. The number of aryl methyl sites for hydroxylation is 3. The van der Waals surface area contributed by atoms with Crippen molar-refractivity contribution in [3.05, 3.63) is 62.2 Å². The Morgan fingerprint density at radius 2 is 1.91 bits per heavy atom. The van der Waals surface area contributed by atoms with E-state index >= 15 is 0 Å². The fraction of sp³-hybridized carbons (Fsp3) is 0.435. The Morgan fingerprint density at radius 1 is 1.21 bits per heavy atom. The predicted molar refractivity (Wildman–Crippen MR) is 121 cm³/mol. The predicted octanol–water partition coefficient (Wildman–Crippen LogP) is 3.28. The van der Waals surface area contributed by atoms with Crippen LogP contribution in [0, 0.1) is 30.9 Å². The highest BCUT2D eigenvalue weighted by atomic mass is 32.2. The van der Waals surface area contributed by atoms with Gasteiger partial charge in [-0.25, -0.2) is 8.42 Å². The van der Waals surface area contributed by atoms with Crippen molar-refractivity contribution in [1.82, 2.24) is 4.31 Å². The van der Waals surface area contributed by atoms with Gasteiger partial charge in [0, 0.05) is 29.8 Å². The lowest BCUT2D eigenvalue weighted by Gasteiger charge is -2.25. The van der Waals surface area contributed by atoms with E-state index in [2.05, 4.69) is 0 Å². The van der Waals surface area contributed by atoms with Gasteiger partial charge < -0.3 is 14.2 Å². The highest BCUT2D eigenvalue weighted by Gasteiger charge is 2.41. The number of nitrogens with zero attached hydrogens (tertiary/aromatic N) is 2. The van der Waals surface area contributed by atoms with Gasteiger partial charge in [-0.15, -0.1) is 0 Å². The van der Waals surface area contributed by atoms with Crippen LogP contribution in [0.2, 0.25) is 0 Å². The van der Waals surface area contributed by atoms with Crippen LogP contribution in [0.4, 0.5) is 5.69 Å². The number of sulfonamides is 1. The standard InChI is InChI=1S/C23H26N2O8S/c1-14-7-15(2)22(16(3)8-14)34(29,30)24-6-4-5-20(24)23(26)32-12-18-10-19(25(27)28)9-17-11-31-13-33-21(17)18/h7-10,20H,4-6,11-13H2,1-3H3. The first-order valence-electron chi connectivity index (χ1n) is 10.9. The molecule has 0 bridgehead atoms. The van der Waals surface area contributed by atoms with Gasteiger partial charge in [0.25, 0.3) is 5.69 Å². The minimum absolute atomic E-state index is 0.0182. The number of nitro benzene ring substituents is 1. The summed E-state index contributed by atoms with van der Waals surface area (Å²) in [7, 11) is -3.92. The third-order valence-corrected chi connectivity index (χ3v) is 8.21. The highest BCUT2D eigenvalue weighted by Crippen LogP contribution is 2.34. The van der Waals surface area contributed by atoms with E-state index < -0.39 is 27.0 Å². The number of carbonyl (C=O) groups excluding carboxylic acids is 1. The van der Waals surface area contributed by atoms with Gasteiger partial charge in [0.15, 0.2) is 6.79 Å². The summed E-state index contributed by atoms with van der Waals surface area (Å²) in [6.45, 7) is 5.43. The average Bonchev–Trinajstić information content (AvgIpc) is 3.27. The molecule has 2 aliphatic rings. The molecule has 2 aliphatic heterocycles. The molecule has 2 heterocycles. The molecule has 1 atom stereocenters. The molecular weight excluding hydrogens is 464 g/mol. The minimum Gasteiger partial charge on any atom is -0.467 e. The number of benzene rings is 2. The first-order chi connectivity index (χ1) is 16.1. The maximum Gasteiger partial charge on any atom is 0.324 e. The highest BCUT2D eigenvalue weighted by molar-refractivity contribution is 7.89. The smallest absolute Gasteiger partial charge is 0.324 e. The number of non-ortho nitro benzene ring substituents is 1. The number of esters is 1. The summed E-state index contributed by atoms with van der Waals surface area (Å²) in [5.41, 5.74) is 2.85. The molecule has 182 valence electrons. The van der Waals surface area contributed by atoms with E-state index in [1.54, 1.807) is 26.0 Å². The van der Waals surface area contributed by atoms with Crippen LogP contribution in [0.1, 0.15) is 40.7 Å². The van der Waals surface area contributed by atoms with E-state index in [0.717, 1.165) is 5.56 Å². The first-order valence-corrected chi connectivity index (χ1v) is 12.3. The van der Waals surface area contributed by atoms with Crippen LogP contribution in [0.3, 0.4) is 0 Å². The van der Waals surface area contributed by atoms with Gasteiger partial charge in [-0.2, -0.15) is 4.31 Å². The molecule has 0 saturated carbocycles. The van der Waals surface area contributed by atoms with Gasteiger partial charge in [0.2, 0.25) is 10.0 Å². The number of rotatable bonds is 6. The molecule has 10 nitrogen and oxygen atoms in total. The quantitative estimate of drug-likeness (QED) is 0.343. The van der Waals surface area contributed by atoms with Gasteiger partial charge in [-0.3, -0.25) is 14.9 Å². The zero-order valence-electron chi connectivity index (χ0n) is 19.2. The van der Waals surface area contributed by atoms with Crippen LogP contribution in [0.25, 0.3) is 0 Å². The van der Waals surface area contributed by atoms with E-state index in [9.17, 15) is 23.3 Å². The van der Waals surface area contributed by atoms with Crippen LogP contribution in [-0.2, 0) is 37.5 Å². The van der Waals surface area contributed by atoms with Gasteiger partial charge >= 0.3 is 5.97 Å². The number of ether oxygens (including phenoxy) is 3. The topological polar surface area (TPSA) is 125 Å². The second-order valence-corrected chi connectivity index (χ2v) is 10.4. The molecule has 2 aromatic rings. The molecule has 0 aliphatic carbocycles. The summed E-state index contributed by atoms with van der Waals surface area (Å²) >= 11 is 0. The van der Waals surface area contributed by atoms with Gasteiger partial charge in [-0.05, 0) is 44.7 Å². The fourth-order valence-electron chi connectivity index (χ4n) is 4.69. The number of hydrogen-bond donors (Lipinski definition) is 0. The third kappa shape index (κ3) is 4.50. The second-order valence-electron chi connectivity index (χ2n) is 8.57. The molecule has 1 unspecified atom stereocenters. The monoisotopic (exact) mass is 490 g/mol. The Balaban J connectivity index is 1.56. The summed E-state index contributed by atoms with van der Waals surface area (Å²) < 4.78 is 44.3. The second kappa shape index (κ2) is 9.32. The van der Waals surface area contributed by atoms with Crippen molar-refractivity contribution in [1.29, 1.82) is 0 Å². The van der Waals surface area contributed by atoms with Crippen LogP contribution >= 0.6 is 0 Å². The van der Waals surface area contributed by atoms with Crippen molar-refractivity contribution in [2.24, 2.45) is 0 Å². The van der Waals surface area contributed by atoms with E-state index in [4.69, 9.17) is 14.2 Å². The molecular formula is C23H26N2O8S. The van der Waals surface area contributed by atoms with Crippen molar-refractivity contribution in [3.8, 4) is 5.75 Å². The summed E-state index contributed by atoms with van der Waals surface area (Å²) in [5.74, 6) is -0.317. The molecule has 1 fully saturated rings. The summed E-state index contributed by atoms with van der Waals surface area (Å²) in [4.78, 5) is 23.9. The number of hydrogen-bond acceptors (Lipinski definition) is 8. The first kappa shape index (κ1) is 24.1.